The summed E-state index contributed by atoms with van der Waals surface area (Å²) < 4.78 is 0. The third kappa shape index (κ3) is 3.17. The van der Waals surface area contributed by atoms with Crippen molar-refractivity contribution in [1.82, 2.24) is 15.1 Å². The van der Waals surface area contributed by atoms with E-state index in [-0.39, 0.29) is 0 Å². The van der Waals surface area contributed by atoms with E-state index in [1.807, 2.05) is 6.20 Å². The Balaban J connectivity index is 1.75. The van der Waals surface area contributed by atoms with Gasteiger partial charge < -0.3 is 5.73 Å². The van der Waals surface area contributed by atoms with Crippen molar-refractivity contribution in [2.75, 3.05) is 13.1 Å². The molecule has 0 amide bonds. The molecule has 0 radical (unpaired) electrons. The molecule has 3 rings (SSSR count). The fraction of sp³-hybridized carbons (Fsp3) is 0.471. The van der Waals surface area contributed by atoms with Crippen LogP contribution in [0.1, 0.15) is 24.5 Å². The lowest BCUT2D eigenvalue weighted by molar-refractivity contribution is 0.158. The summed E-state index contributed by atoms with van der Waals surface area (Å²) in [6, 6.07) is 8.94. The lowest BCUT2D eigenvalue weighted by Crippen LogP contribution is -2.45. The van der Waals surface area contributed by atoms with Crippen LogP contribution in [0.15, 0.2) is 30.5 Å². The van der Waals surface area contributed by atoms with Gasteiger partial charge in [0.2, 0.25) is 0 Å². The van der Waals surface area contributed by atoms with Crippen LogP contribution >= 0.6 is 0 Å². The first-order valence-corrected chi connectivity index (χ1v) is 7.70. The molecule has 0 saturated carbocycles. The number of benzene rings is 1. The van der Waals surface area contributed by atoms with Gasteiger partial charge in [-0.1, -0.05) is 36.8 Å². The molecular weight excluding hydrogens is 260 g/mol. The largest absolute Gasteiger partial charge is 0.327 e. The maximum Gasteiger partial charge on any atom is 0.0695 e. The number of aromatic nitrogens is 2. The molecule has 2 atom stereocenters. The zero-order valence-electron chi connectivity index (χ0n) is 12.8. The molecule has 4 heteroatoms. The predicted molar refractivity (Wildman–Crippen MR) is 85.8 cm³/mol. The minimum atomic E-state index is 0.349. The van der Waals surface area contributed by atoms with Gasteiger partial charge in [-0.05, 0) is 31.4 Å². The van der Waals surface area contributed by atoms with Gasteiger partial charge in [0, 0.05) is 24.7 Å². The first-order chi connectivity index (χ1) is 10.1. The van der Waals surface area contributed by atoms with E-state index in [1.54, 1.807) is 0 Å². The van der Waals surface area contributed by atoms with Gasteiger partial charge in [-0.3, -0.25) is 10.00 Å². The van der Waals surface area contributed by atoms with Crippen LogP contribution in [0.2, 0.25) is 0 Å². The number of aryl methyl sites for hydroxylation is 1. The molecule has 0 bridgehead atoms. The molecule has 1 saturated heterocycles. The number of likely N-dealkylation sites (tertiary alicyclic amines) is 1. The Labute approximate surface area is 126 Å². The van der Waals surface area contributed by atoms with Crippen molar-refractivity contribution >= 4 is 0 Å². The maximum atomic E-state index is 6.10. The number of nitrogens with zero attached hydrogens (tertiary/aromatic N) is 2. The summed E-state index contributed by atoms with van der Waals surface area (Å²) in [6.07, 6.45) is 3.03. The highest BCUT2D eigenvalue weighted by atomic mass is 15.2. The lowest BCUT2D eigenvalue weighted by Gasteiger charge is -2.35. The predicted octanol–water partition coefficient (Wildman–Crippen LogP) is 2.55. The molecule has 112 valence electrons. The van der Waals surface area contributed by atoms with Crippen LogP contribution in [0.25, 0.3) is 11.3 Å². The number of aromatic amines is 1. The minimum absolute atomic E-state index is 0.349. The smallest absolute Gasteiger partial charge is 0.0695 e. The lowest BCUT2D eigenvalue weighted by atomic mass is 9.94. The molecule has 4 nitrogen and oxygen atoms in total. The van der Waals surface area contributed by atoms with Gasteiger partial charge in [0.05, 0.1) is 11.9 Å². The van der Waals surface area contributed by atoms with Crippen LogP contribution in [-0.2, 0) is 6.54 Å². The fourth-order valence-electron chi connectivity index (χ4n) is 3.04. The van der Waals surface area contributed by atoms with Gasteiger partial charge in [0.1, 0.15) is 0 Å². The van der Waals surface area contributed by atoms with Crippen LogP contribution in [0.3, 0.4) is 0 Å². The zero-order valence-corrected chi connectivity index (χ0v) is 12.8. The van der Waals surface area contributed by atoms with E-state index in [2.05, 4.69) is 53.2 Å². The van der Waals surface area contributed by atoms with Crippen molar-refractivity contribution in [2.24, 2.45) is 11.7 Å². The normalized spacial score (nSPS) is 23.4. The number of nitrogens with two attached hydrogens (primary N) is 1. The standard InChI is InChI=1S/C17H24N4/c1-12-3-5-14(6-4-12)17-15(9-19-20-17)11-21-8-7-16(18)13(2)10-21/h3-6,9,13,16H,7-8,10-11,18H2,1-2H3,(H,19,20)/t13-,16-/m0/s1. The number of hydrogen-bond donors (Lipinski definition) is 2. The molecule has 1 aliphatic heterocycles. The second kappa shape index (κ2) is 6.00. The third-order valence-electron chi connectivity index (χ3n) is 4.51. The van der Waals surface area contributed by atoms with Crippen molar-refractivity contribution in [3.63, 3.8) is 0 Å². The monoisotopic (exact) mass is 284 g/mol. The van der Waals surface area contributed by atoms with E-state index in [9.17, 15) is 0 Å². The summed E-state index contributed by atoms with van der Waals surface area (Å²) in [7, 11) is 0. The SMILES string of the molecule is Cc1ccc(-c2[nH]ncc2CN2CC[C@H](N)[C@@H](C)C2)cc1. The molecule has 21 heavy (non-hydrogen) atoms. The summed E-state index contributed by atoms with van der Waals surface area (Å²) in [5.41, 5.74) is 11.0. The van der Waals surface area contributed by atoms with Crippen LogP contribution in [0.4, 0.5) is 0 Å². The third-order valence-corrected chi connectivity index (χ3v) is 4.51. The summed E-state index contributed by atoms with van der Waals surface area (Å²) >= 11 is 0. The van der Waals surface area contributed by atoms with E-state index in [1.165, 1.54) is 16.7 Å². The Hall–Kier alpha value is -1.65. The van der Waals surface area contributed by atoms with Crippen molar-refractivity contribution in [1.29, 1.82) is 0 Å². The molecule has 1 aromatic heterocycles. The highest BCUT2D eigenvalue weighted by Gasteiger charge is 2.23. The molecular formula is C17H24N4. The Kier molecular flexibility index (Phi) is 4.08. The zero-order chi connectivity index (χ0) is 14.8. The summed E-state index contributed by atoms with van der Waals surface area (Å²) in [6.45, 7) is 7.43. The highest BCUT2D eigenvalue weighted by Crippen LogP contribution is 2.24. The van der Waals surface area contributed by atoms with Gasteiger partial charge in [-0.25, -0.2) is 0 Å². The maximum absolute atomic E-state index is 6.10. The Morgan fingerprint density at radius 1 is 1.33 bits per heavy atom. The van der Waals surface area contributed by atoms with Gasteiger partial charge in [0.15, 0.2) is 0 Å². The molecule has 1 aliphatic rings. The molecule has 0 spiro atoms. The summed E-state index contributed by atoms with van der Waals surface area (Å²) in [4.78, 5) is 2.48. The van der Waals surface area contributed by atoms with Crippen molar-refractivity contribution in [3.8, 4) is 11.3 Å². The number of rotatable bonds is 3. The molecule has 0 aliphatic carbocycles. The van der Waals surface area contributed by atoms with E-state index in [0.717, 1.165) is 31.7 Å². The topological polar surface area (TPSA) is 57.9 Å². The average molecular weight is 284 g/mol. The number of hydrogen-bond acceptors (Lipinski definition) is 3. The molecule has 2 heterocycles. The van der Waals surface area contributed by atoms with Crippen molar-refractivity contribution in [2.45, 2.75) is 32.9 Å². The Bertz CT molecular complexity index is 587. The molecule has 0 unspecified atom stereocenters. The fourth-order valence-corrected chi connectivity index (χ4v) is 3.04. The van der Waals surface area contributed by atoms with Gasteiger partial charge in [0.25, 0.3) is 0 Å². The van der Waals surface area contributed by atoms with Gasteiger partial charge >= 0.3 is 0 Å². The number of H-pyrrole nitrogens is 1. The van der Waals surface area contributed by atoms with Gasteiger partial charge in [-0.15, -0.1) is 0 Å². The van der Waals surface area contributed by atoms with E-state index in [0.29, 0.717) is 12.0 Å². The first kappa shape index (κ1) is 14.3. The Morgan fingerprint density at radius 3 is 2.81 bits per heavy atom. The van der Waals surface area contributed by atoms with E-state index in [4.69, 9.17) is 5.73 Å². The van der Waals surface area contributed by atoms with Crippen LogP contribution < -0.4 is 5.73 Å². The van der Waals surface area contributed by atoms with Crippen LogP contribution in [0.5, 0.6) is 0 Å². The van der Waals surface area contributed by atoms with Crippen LogP contribution in [0, 0.1) is 12.8 Å². The Morgan fingerprint density at radius 2 is 2.10 bits per heavy atom. The molecule has 1 fully saturated rings. The summed E-state index contributed by atoms with van der Waals surface area (Å²) in [5.74, 6) is 0.563. The molecule has 2 aromatic rings. The first-order valence-electron chi connectivity index (χ1n) is 7.70. The number of nitrogens with one attached hydrogen (secondary N) is 1. The minimum Gasteiger partial charge on any atom is -0.327 e. The van der Waals surface area contributed by atoms with Crippen LogP contribution in [-0.4, -0.2) is 34.2 Å². The second-order valence-electron chi connectivity index (χ2n) is 6.30. The quantitative estimate of drug-likeness (QED) is 0.910. The summed E-state index contributed by atoms with van der Waals surface area (Å²) in [5, 5.41) is 7.39. The number of piperidine rings is 1. The highest BCUT2D eigenvalue weighted by molar-refractivity contribution is 5.62. The van der Waals surface area contributed by atoms with Crippen molar-refractivity contribution in [3.05, 3.63) is 41.6 Å². The van der Waals surface area contributed by atoms with E-state index < -0.39 is 0 Å². The second-order valence-corrected chi connectivity index (χ2v) is 6.30. The van der Waals surface area contributed by atoms with Gasteiger partial charge in [-0.2, -0.15) is 5.10 Å². The van der Waals surface area contributed by atoms with E-state index >= 15 is 0 Å². The average Bonchev–Trinajstić information content (AvgIpc) is 2.92. The molecule has 1 aromatic carbocycles. The van der Waals surface area contributed by atoms with Crippen molar-refractivity contribution < 1.29 is 0 Å². The molecule has 3 N–H and O–H groups in total.